The molecule has 2 atom stereocenters. The molecule has 52 heavy (non-hydrogen) atoms. The largest absolute Gasteiger partial charge is 0.395 e. The molecule has 0 saturated carbocycles. The van der Waals surface area contributed by atoms with Gasteiger partial charge in [-0.1, -0.05) is 79.7 Å². The number of hydrogen-bond donors (Lipinski definition) is 4. The van der Waals surface area contributed by atoms with Crippen molar-refractivity contribution in [1.82, 2.24) is 9.88 Å². The molecule has 1 aromatic heterocycles. The number of nitrogens with one attached hydrogen (secondary N) is 2. The van der Waals surface area contributed by atoms with Gasteiger partial charge in [-0.05, 0) is 41.0 Å². The fourth-order valence-corrected chi connectivity index (χ4v) is 6.60. The normalized spacial score (nSPS) is 15.9. The van der Waals surface area contributed by atoms with Gasteiger partial charge < -0.3 is 30.3 Å². The SMILES string of the molecule is C[C@H](/C=C/CC(=O)N(CCO)Cc1ccccc1)[C@@]1(O)C(=O)N(Cc2ccc(NC(=O)Cc3c[nH]c4ccccc34)cc2)c2ccc([N+](=O)[O-])cc21. The Bertz CT molecular complexity index is 2130. The van der Waals surface area contributed by atoms with Crippen LogP contribution in [0.4, 0.5) is 17.1 Å². The van der Waals surface area contributed by atoms with Crippen LogP contribution in [0, 0.1) is 16.0 Å². The molecule has 3 amide bonds. The summed E-state index contributed by atoms with van der Waals surface area (Å²) >= 11 is 0. The van der Waals surface area contributed by atoms with E-state index < -0.39 is 22.3 Å². The average molecular weight is 702 g/mol. The molecule has 1 aliphatic rings. The number of fused-ring (bicyclic) bond motifs is 2. The summed E-state index contributed by atoms with van der Waals surface area (Å²) in [6.07, 6.45) is 5.10. The molecule has 12 nitrogen and oxygen atoms in total. The second-order valence-corrected chi connectivity index (χ2v) is 12.8. The van der Waals surface area contributed by atoms with E-state index in [1.165, 1.54) is 28.0 Å². The number of amides is 3. The van der Waals surface area contributed by atoms with Gasteiger partial charge in [0.25, 0.3) is 11.6 Å². The number of hydrogen-bond acceptors (Lipinski definition) is 7. The van der Waals surface area contributed by atoms with Crippen molar-refractivity contribution in [3.63, 3.8) is 0 Å². The fraction of sp³-hybridized carbons (Fsp3) is 0.225. The second kappa shape index (κ2) is 15.4. The van der Waals surface area contributed by atoms with E-state index in [1.807, 2.05) is 60.8 Å². The molecule has 12 heteroatoms. The Hall–Kier alpha value is -6.11. The number of rotatable bonds is 14. The lowest BCUT2D eigenvalue weighted by molar-refractivity contribution is -0.385. The number of para-hydroxylation sites is 1. The quantitative estimate of drug-likeness (QED) is 0.0664. The fourth-order valence-electron chi connectivity index (χ4n) is 6.60. The van der Waals surface area contributed by atoms with Gasteiger partial charge in [0.05, 0.1) is 30.2 Å². The molecule has 6 rings (SSSR count). The molecule has 0 unspecified atom stereocenters. The number of aromatic nitrogens is 1. The van der Waals surface area contributed by atoms with Crippen molar-refractivity contribution in [2.24, 2.45) is 5.92 Å². The molecule has 5 aromatic rings. The standard InChI is InChI=1S/C40H39N5O7/c1-27(8-7-13-38(48)43(20-21-46)25-28-9-3-2-4-10-28)40(50)34-23-32(45(51)52)18-19-36(34)44(39(40)49)26-29-14-16-31(17-15-29)42-37(47)22-30-24-41-35-12-6-5-11-33(30)35/h2-12,14-19,23-24,27,41,46,50H,13,20-22,25-26H2,1H3,(H,42,47)/b8-7+/t27-,40+/m1/s1. The number of non-ortho nitro benzene ring substituents is 1. The minimum absolute atomic E-state index is 0.0440. The third kappa shape index (κ3) is 7.48. The Balaban J connectivity index is 1.15. The van der Waals surface area contributed by atoms with Crippen molar-refractivity contribution in [2.45, 2.75) is 38.5 Å². The molecular weight excluding hydrogens is 662 g/mol. The van der Waals surface area contributed by atoms with Crippen LogP contribution < -0.4 is 10.2 Å². The van der Waals surface area contributed by atoms with Gasteiger partial charge in [-0.15, -0.1) is 0 Å². The molecular formula is C40H39N5O7. The van der Waals surface area contributed by atoms with E-state index in [1.54, 1.807) is 43.3 Å². The number of carbonyl (C=O) groups is 3. The minimum Gasteiger partial charge on any atom is -0.395 e. The number of benzene rings is 4. The summed E-state index contributed by atoms with van der Waals surface area (Å²) in [6, 6.07) is 28.1. The number of H-pyrrole nitrogens is 1. The number of aliphatic hydroxyl groups excluding tert-OH is 1. The third-order valence-corrected chi connectivity index (χ3v) is 9.38. The molecule has 2 heterocycles. The van der Waals surface area contributed by atoms with Gasteiger partial charge in [-0.2, -0.15) is 0 Å². The molecule has 0 bridgehead atoms. The second-order valence-electron chi connectivity index (χ2n) is 12.8. The van der Waals surface area contributed by atoms with E-state index in [0.717, 1.165) is 22.0 Å². The first-order valence-corrected chi connectivity index (χ1v) is 16.9. The van der Waals surface area contributed by atoms with Gasteiger partial charge >= 0.3 is 0 Å². The maximum absolute atomic E-state index is 14.1. The zero-order chi connectivity index (χ0) is 36.8. The maximum atomic E-state index is 14.1. The zero-order valence-corrected chi connectivity index (χ0v) is 28.6. The van der Waals surface area contributed by atoms with Crippen LogP contribution in [0.1, 0.15) is 35.6 Å². The van der Waals surface area contributed by atoms with Gasteiger partial charge in [-0.3, -0.25) is 24.5 Å². The topological polar surface area (TPSA) is 169 Å². The van der Waals surface area contributed by atoms with E-state index in [4.69, 9.17) is 0 Å². The van der Waals surface area contributed by atoms with Gasteiger partial charge in [0.15, 0.2) is 5.60 Å². The van der Waals surface area contributed by atoms with Crippen LogP contribution >= 0.6 is 0 Å². The Kier molecular flexibility index (Phi) is 10.6. The lowest BCUT2D eigenvalue weighted by Gasteiger charge is -2.28. The highest BCUT2D eigenvalue weighted by Gasteiger charge is 2.53. The molecule has 0 spiro atoms. The van der Waals surface area contributed by atoms with Crippen LogP contribution in [0.2, 0.25) is 0 Å². The molecule has 0 radical (unpaired) electrons. The third-order valence-electron chi connectivity index (χ3n) is 9.38. The highest BCUT2D eigenvalue weighted by Crippen LogP contribution is 2.47. The number of nitro groups is 1. The van der Waals surface area contributed by atoms with Gasteiger partial charge in [0, 0.05) is 65.9 Å². The molecule has 4 N–H and O–H groups in total. The number of aliphatic hydroxyl groups is 2. The lowest BCUT2D eigenvalue weighted by Crippen LogP contribution is -2.44. The lowest BCUT2D eigenvalue weighted by atomic mass is 9.82. The predicted molar refractivity (Wildman–Crippen MR) is 197 cm³/mol. The van der Waals surface area contributed by atoms with E-state index >= 15 is 0 Å². The Morgan fingerprint density at radius 3 is 2.48 bits per heavy atom. The number of nitro benzene ring substituents is 1. The van der Waals surface area contributed by atoms with Crippen molar-refractivity contribution >= 4 is 45.7 Å². The highest BCUT2D eigenvalue weighted by atomic mass is 16.6. The van der Waals surface area contributed by atoms with Crippen molar-refractivity contribution in [3.8, 4) is 0 Å². The van der Waals surface area contributed by atoms with Crippen LogP contribution in [-0.4, -0.2) is 55.9 Å². The van der Waals surface area contributed by atoms with Gasteiger partial charge in [-0.25, -0.2) is 0 Å². The summed E-state index contributed by atoms with van der Waals surface area (Å²) in [7, 11) is 0. The Labute approximate surface area is 300 Å². The summed E-state index contributed by atoms with van der Waals surface area (Å²) in [5.41, 5.74) is 2.03. The first-order chi connectivity index (χ1) is 25.1. The predicted octanol–water partition coefficient (Wildman–Crippen LogP) is 5.60. The summed E-state index contributed by atoms with van der Waals surface area (Å²) in [5, 5.41) is 37.2. The van der Waals surface area contributed by atoms with E-state index in [2.05, 4.69) is 10.3 Å². The van der Waals surface area contributed by atoms with Crippen molar-refractivity contribution < 1.29 is 29.5 Å². The summed E-state index contributed by atoms with van der Waals surface area (Å²) in [5.74, 6) is -1.96. The molecule has 266 valence electrons. The Morgan fingerprint density at radius 2 is 1.75 bits per heavy atom. The average Bonchev–Trinajstić information content (AvgIpc) is 3.64. The van der Waals surface area contributed by atoms with E-state index in [9.17, 15) is 34.7 Å². The minimum atomic E-state index is -2.15. The number of nitrogens with zero attached hydrogens (tertiary/aromatic N) is 3. The van der Waals surface area contributed by atoms with Gasteiger partial charge in [0.2, 0.25) is 11.8 Å². The van der Waals surface area contributed by atoms with Crippen LogP contribution in [0.3, 0.4) is 0 Å². The summed E-state index contributed by atoms with van der Waals surface area (Å²) < 4.78 is 0. The molecule has 0 aliphatic carbocycles. The van der Waals surface area contributed by atoms with Crippen LogP contribution in [0.25, 0.3) is 10.9 Å². The van der Waals surface area contributed by atoms with E-state index in [0.29, 0.717) is 23.5 Å². The summed E-state index contributed by atoms with van der Waals surface area (Å²) in [6.45, 7) is 1.93. The zero-order valence-electron chi connectivity index (χ0n) is 28.6. The Morgan fingerprint density at radius 1 is 1.02 bits per heavy atom. The number of carbonyl (C=O) groups excluding carboxylic acids is 3. The first-order valence-electron chi connectivity index (χ1n) is 16.9. The molecule has 1 aliphatic heterocycles. The van der Waals surface area contributed by atoms with E-state index in [-0.39, 0.29) is 55.6 Å². The van der Waals surface area contributed by atoms with Crippen molar-refractivity contribution in [1.29, 1.82) is 0 Å². The number of aromatic amines is 1. The number of anilines is 2. The maximum Gasteiger partial charge on any atom is 0.269 e. The first kappa shape index (κ1) is 35.7. The summed E-state index contributed by atoms with van der Waals surface area (Å²) in [4.78, 5) is 57.2. The molecule has 0 saturated heterocycles. The molecule has 0 fully saturated rings. The van der Waals surface area contributed by atoms with Gasteiger partial charge in [0.1, 0.15) is 0 Å². The van der Waals surface area contributed by atoms with Crippen LogP contribution in [0.5, 0.6) is 0 Å². The molecule has 4 aromatic carbocycles. The van der Waals surface area contributed by atoms with Crippen LogP contribution in [0.15, 0.2) is 115 Å². The highest BCUT2D eigenvalue weighted by molar-refractivity contribution is 6.07. The monoisotopic (exact) mass is 701 g/mol. The van der Waals surface area contributed by atoms with Crippen LogP contribution in [-0.2, 0) is 39.5 Å². The van der Waals surface area contributed by atoms with Crippen molar-refractivity contribution in [3.05, 3.63) is 148 Å². The van der Waals surface area contributed by atoms with Crippen molar-refractivity contribution in [2.75, 3.05) is 23.4 Å². The smallest absolute Gasteiger partial charge is 0.269 e.